The van der Waals surface area contributed by atoms with Crippen molar-refractivity contribution in [1.29, 1.82) is 0 Å². The van der Waals surface area contributed by atoms with Crippen LogP contribution >= 0.6 is 0 Å². The van der Waals surface area contributed by atoms with Crippen molar-refractivity contribution in [3.8, 4) is 11.5 Å². The Hall–Kier alpha value is -1.82. The molecule has 0 bridgehead atoms. The molecule has 2 atom stereocenters. The van der Waals surface area contributed by atoms with Crippen LogP contribution in [0, 0.1) is 17.7 Å². The molecule has 1 heterocycles. The normalized spacial score (nSPS) is 18.6. The highest BCUT2D eigenvalue weighted by atomic mass is 19.1. The first-order valence-corrected chi connectivity index (χ1v) is 8.01. The number of carbonyl (C=O) groups is 1. The van der Waals surface area contributed by atoms with Gasteiger partial charge in [-0.3, -0.25) is 4.79 Å². The average Bonchev–Trinajstić information content (AvgIpc) is 3.03. The van der Waals surface area contributed by atoms with Gasteiger partial charge >= 0.3 is 5.97 Å². The third-order valence-electron chi connectivity index (χ3n) is 4.24. The van der Waals surface area contributed by atoms with Gasteiger partial charge in [-0.25, -0.2) is 4.39 Å². The predicted molar refractivity (Wildman–Crippen MR) is 84.4 cm³/mol. The zero-order chi connectivity index (χ0) is 16.7. The Balaban J connectivity index is 1.72. The van der Waals surface area contributed by atoms with E-state index in [1.807, 2.05) is 0 Å². The van der Waals surface area contributed by atoms with Gasteiger partial charge in [0.2, 0.25) is 0 Å². The van der Waals surface area contributed by atoms with Crippen LogP contribution in [0.4, 0.5) is 4.39 Å². The van der Waals surface area contributed by atoms with E-state index < -0.39 is 11.8 Å². The van der Waals surface area contributed by atoms with E-state index in [2.05, 4.69) is 5.32 Å². The third kappa shape index (κ3) is 5.39. The Labute approximate surface area is 135 Å². The fourth-order valence-corrected chi connectivity index (χ4v) is 2.98. The van der Waals surface area contributed by atoms with Crippen molar-refractivity contribution >= 4 is 5.97 Å². The summed E-state index contributed by atoms with van der Waals surface area (Å²) in [4.78, 5) is 11.4. The average molecular weight is 325 g/mol. The number of methoxy groups -OCH3 is 1. The van der Waals surface area contributed by atoms with Crippen LogP contribution in [0.2, 0.25) is 0 Å². The fourth-order valence-electron chi connectivity index (χ4n) is 2.98. The van der Waals surface area contributed by atoms with E-state index in [-0.39, 0.29) is 11.8 Å². The highest BCUT2D eigenvalue weighted by molar-refractivity contribution is 5.70. The SMILES string of the molecule is COc1cc(F)cc(OCCCC[C@H](C(=O)O)[C@H]2CCNC2)c1. The summed E-state index contributed by atoms with van der Waals surface area (Å²) in [5.41, 5.74) is 0. The maximum atomic E-state index is 13.3. The zero-order valence-electron chi connectivity index (χ0n) is 13.4. The molecule has 23 heavy (non-hydrogen) atoms. The lowest BCUT2D eigenvalue weighted by Crippen LogP contribution is -2.25. The Bertz CT molecular complexity index is 517. The molecule has 1 aromatic carbocycles. The van der Waals surface area contributed by atoms with E-state index in [4.69, 9.17) is 9.47 Å². The van der Waals surface area contributed by atoms with Crippen LogP contribution in [0.15, 0.2) is 18.2 Å². The monoisotopic (exact) mass is 325 g/mol. The number of aliphatic carboxylic acids is 1. The van der Waals surface area contributed by atoms with E-state index in [9.17, 15) is 14.3 Å². The minimum Gasteiger partial charge on any atom is -0.497 e. The molecule has 2 rings (SSSR count). The third-order valence-corrected chi connectivity index (χ3v) is 4.24. The summed E-state index contributed by atoms with van der Waals surface area (Å²) >= 11 is 0. The van der Waals surface area contributed by atoms with E-state index in [0.29, 0.717) is 24.5 Å². The number of hydrogen-bond acceptors (Lipinski definition) is 4. The maximum Gasteiger partial charge on any atom is 0.306 e. The van der Waals surface area contributed by atoms with Gasteiger partial charge in [-0.2, -0.15) is 0 Å². The van der Waals surface area contributed by atoms with Gasteiger partial charge in [0.1, 0.15) is 17.3 Å². The first-order chi connectivity index (χ1) is 11.1. The molecule has 5 nitrogen and oxygen atoms in total. The van der Waals surface area contributed by atoms with Crippen LogP contribution in [-0.2, 0) is 4.79 Å². The predicted octanol–water partition coefficient (Wildman–Crippen LogP) is 2.69. The maximum absolute atomic E-state index is 13.3. The Morgan fingerprint density at radius 3 is 2.83 bits per heavy atom. The molecule has 1 aromatic rings. The van der Waals surface area contributed by atoms with Crippen LogP contribution in [0.3, 0.4) is 0 Å². The van der Waals surface area contributed by atoms with Gasteiger partial charge in [-0.15, -0.1) is 0 Å². The molecule has 0 radical (unpaired) electrons. The second-order valence-electron chi connectivity index (χ2n) is 5.87. The van der Waals surface area contributed by atoms with Gasteiger partial charge in [-0.05, 0) is 44.7 Å². The molecule has 128 valence electrons. The van der Waals surface area contributed by atoms with Gasteiger partial charge in [-0.1, -0.05) is 0 Å². The molecule has 2 N–H and O–H groups in total. The molecule has 0 amide bonds. The van der Waals surface area contributed by atoms with Gasteiger partial charge in [0.25, 0.3) is 0 Å². The number of carboxylic acids is 1. The number of nitrogens with one attached hydrogen (secondary N) is 1. The highest BCUT2D eigenvalue weighted by Gasteiger charge is 2.29. The molecule has 6 heteroatoms. The number of benzene rings is 1. The zero-order valence-corrected chi connectivity index (χ0v) is 13.4. The van der Waals surface area contributed by atoms with Crippen molar-refractivity contribution in [2.24, 2.45) is 11.8 Å². The minimum absolute atomic E-state index is 0.223. The highest BCUT2D eigenvalue weighted by Crippen LogP contribution is 2.25. The summed E-state index contributed by atoms with van der Waals surface area (Å²) in [6.45, 7) is 2.12. The van der Waals surface area contributed by atoms with E-state index >= 15 is 0 Å². The van der Waals surface area contributed by atoms with Gasteiger partial charge in [0.15, 0.2) is 0 Å². The van der Waals surface area contributed by atoms with Crippen molar-refractivity contribution in [3.63, 3.8) is 0 Å². The number of unbranched alkanes of at least 4 members (excludes halogenated alkanes) is 1. The number of halogens is 1. The van der Waals surface area contributed by atoms with E-state index in [1.54, 1.807) is 6.07 Å². The van der Waals surface area contributed by atoms with Crippen LogP contribution in [-0.4, -0.2) is 37.9 Å². The molecule has 1 aliphatic rings. The molecule has 0 aliphatic carbocycles. The fraction of sp³-hybridized carbons (Fsp3) is 0.588. The van der Waals surface area contributed by atoms with Crippen molar-refractivity contribution in [3.05, 3.63) is 24.0 Å². The van der Waals surface area contributed by atoms with E-state index in [1.165, 1.54) is 19.2 Å². The summed E-state index contributed by atoms with van der Waals surface area (Å²) in [7, 11) is 1.47. The standard InChI is InChI=1S/C17H24FNO4/c1-22-14-8-13(18)9-15(10-14)23-7-3-2-4-16(17(20)21)12-5-6-19-11-12/h8-10,12,16,19H,2-7,11H2,1H3,(H,20,21)/t12-,16-/m0/s1. The molecule has 1 saturated heterocycles. The number of rotatable bonds is 9. The smallest absolute Gasteiger partial charge is 0.306 e. The van der Waals surface area contributed by atoms with E-state index in [0.717, 1.165) is 32.4 Å². The largest absolute Gasteiger partial charge is 0.497 e. The van der Waals surface area contributed by atoms with Crippen molar-refractivity contribution in [1.82, 2.24) is 5.32 Å². The number of hydrogen-bond donors (Lipinski definition) is 2. The molecular weight excluding hydrogens is 301 g/mol. The lowest BCUT2D eigenvalue weighted by atomic mass is 9.87. The van der Waals surface area contributed by atoms with Crippen LogP contribution < -0.4 is 14.8 Å². The topological polar surface area (TPSA) is 67.8 Å². The first kappa shape index (κ1) is 17.5. The molecule has 0 saturated carbocycles. The van der Waals surface area contributed by atoms with Crippen LogP contribution in [0.25, 0.3) is 0 Å². The molecule has 0 spiro atoms. The second kappa shape index (κ2) is 8.72. The number of carboxylic acid groups (broad SMARTS) is 1. The molecule has 0 unspecified atom stereocenters. The summed E-state index contributed by atoms with van der Waals surface area (Å²) in [5, 5.41) is 12.6. The van der Waals surface area contributed by atoms with Crippen molar-refractivity contribution < 1.29 is 23.8 Å². The molecule has 1 aliphatic heterocycles. The summed E-state index contributed by atoms with van der Waals surface area (Å²) < 4.78 is 23.8. The van der Waals surface area contributed by atoms with Crippen molar-refractivity contribution in [2.75, 3.05) is 26.8 Å². The van der Waals surface area contributed by atoms with Crippen LogP contribution in [0.1, 0.15) is 25.7 Å². The van der Waals surface area contributed by atoms with Gasteiger partial charge < -0.3 is 19.9 Å². The quantitative estimate of drug-likeness (QED) is 0.683. The Kier molecular flexibility index (Phi) is 6.65. The lowest BCUT2D eigenvalue weighted by molar-refractivity contribution is -0.143. The molecular formula is C17H24FNO4. The minimum atomic E-state index is -0.713. The Morgan fingerprint density at radius 2 is 2.17 bits per heavy atom. The first-order valence-electron chi connectivity index (χ1n) is 8.01. The summed E-state index contributed by atoms with van der Waals surface area (Å²) in [5.74, 6) is -0.343. The number of ether oxygens (including phenoxy) is 2. The molecule has 1 fully saturated rings. The van der Waals surface area contributed by atoms with Crippen LogP contribution in [0.5, 0.6) is 11.5 Å². The Morgan fingerprint density at radius 1 is 1.39 bits per heavy atom. The lowest BCUT2D eigenvalue weighted by Gasteiger charge is -2.18. The van der Waals surface area contributed by atoms with Gasteiger partial charge in [0.05, 0.1) is 19.6 Å². The summed E-state index contributed by atoms with van der Waals surface area (Å²) in [6.07, 6.45) is 3.09. The second-order valence-corrected chi connectivity index (χ2v) is 5.87. The van der Waals surface area contributed by atoms with Gasteiger partial charge in [0, 0.05) is 18.2 Å². The summed E-state index contributed by atoms with van der Waals surface area (Å²) in [6, 6.07) is 4.24. The molecule has 0 aromatic heterocycles. The van der Waals surface area contributed by atoms with Crippen molar-refractivity contribution in [2.45, 2.75) is 25.7 Å².